The average molecular weight is 179 g/mol. The van der Waals surface area contributed by atoms with Crippen molar-refractivity contribution in [3.8, 4) is 10.6 Å². The highest BCUT2D eigenvalue weighted by atomic mass is 32.1. The zero-order valence-corrected chi connectivity index (χ0v) is 7.01. The van der Waals surface area contributed by atoms with Gasteiger partial charge in [0.05, 0.1) is 10.6 Å². The van der Waals surface area contributed by atoms with E-state index in [2.05, 4.69) is 4.98 Å². The molecule has 0 saturated heterocycles. The lowest BCUT2D eigenvalue weighted by molar-refractivity contribution is 0.585. The number of hydrogen-bond acceptors (Lipinski definition) is 2. The first-order chi connectivity index (χ1) is 5.86. The molecule has 0 amide bonds. The van der Waals surface area contributed by atoms with E-state index >= 15 is 0 Å². The minimum absolute atomic E-state index is 0.430. The molecule has 0 spiro atoms. The molecule has 0 N–H and O–H groups in total. The fraction of sp³-hybridized carbons (Fsp3) is 0. The summed E-state index contributed by atoms with van der Waals surface area (Å²) in [4.78, 5) is 4.75. The van der Waals surface area contributed by atoms with Crippen LogP contribution in [-0.2, 0) is 0 Å². The highest BCUT2D eigenvalue weighted by molar-refractivity contribution is 7.13. The monoisotopic (exact) mass is 179 g/mol. The molecule has 0 aliphatic rings. The first kappa shape index (κ1) is 7.43. The van der Waals surface area contributed by atoms with Crippen LogP contribution in [0.5, 0.6) is 0 Å². The maximum Gasteiger partial charge on any atom is 0.213 e. The molecule has 60 valence electrons. The molecule has 2 aromatic rings. The van der Waals surface area contributed by atoms with Crippen LogP contribution in [0, 0.1) is 5.95 Å². The van der Waals surface area contributed by atoms with Gasteiger partial charge in [0.2, 0.25) is 5.95 Å². The van der Waals surface area contributed by atoms with Crippen LogP contribution in [-0.4, -0.2) is 4.98 Å². The summed E-state index contributed by atoms with van der Waals surface area (Å²) in [5, 5.41) is 1.95. The number of rotatable bonds is 1. The standard InChI is InChI=1S/C9H6FNS/c10-9-5-1-3-7(11-9)8-4-2-6-12-8/h1-6H. The molecule has 2 aromatic heterocycles. The molecule has 0 bridgehead atoms. The number of nitrogens with zero attached hydrogens (tertiary/aromatic N) is 1. The Morgan fingerprint density at radius 2 is 2.08 bits per heavy atom. The van der Waals surface area contributed by atoms with Crippen molar-refractivity contribution in [1.82, 2.24) is 4.98 Å². The lowest BCUT2D eigenvalue weighted by atomic mass is 10.3. The molecule has 1 nitrogen and oxygen atoms in total. The van der Waals surface area contributed by atoms with E-state index in [1.165, 1.54) is 6.07 Å². The van der Waals surface area contributed by atoms with Crippen molar-refractivity contribution < 1.29 is 4.39 Å². The summed E-state index contributed by atoms with van der Waals surface area (Å²) in [5.74, 6) is -0.430. The van der Waals surface area contributed by atoms with Gasteiger partial charge in [0.1, 0.15) is 0 Å². The van der Waals surface area contributed by atoms with Crippen molar-refractivity contribution in [1.29, 1.82) is 0 Å². The topological polar surface area (TPSA) is 12.9 Å². The van der Waals surface area contributed by atoms with Gasteiger partial charge in [-0.1, -0.05) is 12.1 Å². The average Bonchev–Trinajstić information content (AvgIpc) is 2.56. The van der Waals surface area contributed by atoms with Gasteiger partial charge in [-0.25, -0.2) is 4.98 Å². The van der Waals surface area contributed by atoms with Crippen LogP contribution in [0.1, 0.15) is 0 Å². The lowest BCUT2D eigenvalue weighted by Gasteiger charge is -1.94. The summed E-state index contributed by atoms with van der Waals surface area (Å²) in [7, 11) is 0. The molecule has 0 radical (unpaired) electrons. The second kappa shape index (κ2) is 3.03. The van der Waals surface area contributed by atoms with Gasteiger partial charge < -0.3 is 0 Å². The Morgan fingerprint density at radius 3 is 2.75 bits per heavy atom. The third-order valence-electron chi connectivity index (χ3n) is 1.49. The molecule has 0 atom stereocenters. The summed E-state index contributed by atoms with van der Waals surface area (Å²) in [6.07, 6.45) is 0. The third-order valence-corrected chi connectivity index (χ3v) is 2.38. The van der Waals surface area contributed by atoms with E-state index in [4.69, 9.17) is 0 Å². The first-order valence-electron chi connectivity index (χ1n) is 3.53. The summed E-state index contributed by atoms with van der Waals surface area (Å²) in [5.41, 5.74) is 0.699. The second-order valence-corrected chi connectivity index (χ2v) is 3.27. The Morgan fingerprint density at radius 1 is 1.17 bits per heavy atom. The molecule has 3 heteroatoms. The molecule has 0 saturated carbocycles. The van der Waals surface area contributed by atoms with Crippen LogP contribution < -0.4 is 0 Å². The maximum atomic E-state index is 12.7. The van der Waals surface area contributed by atoms with Gasteiger partial charge in [0.15, 0.2) is 0 Å². The van der Waals surface area contributed by atoms with Crippen molar-refractivity contribution in [2.24, 2.45) is 0 Å². The van der Waals surface area contributed by atoms with Gasteiger partial charge in [-0.3, -0.25) is 0 Å². The van der Waals surface area contributed by atoms with Gasteiger partial charge in [-0.05, 0) is 23.6 Å². The summed E-state index contributed by atoms with van der Waals surface area (Å²) in [6, 6.07) is 8.66. The van der Waals surface area contributed by atoms with E-state index in [0.717, 1.165) is 4.88 Å². The quantitative estimate of drug-likeness (QED) is 0.613. The summed E-state index contributed by atoms with van der Waals surface area (Å²) in [6.45, 7) is 0. The fourth-order valence-electron chi connectivity index (χ4n) is 0.970. The molecule has 0 aromatic carbocycles. The highest BCUT2D eigenvalue weighted by Crippen LogP contribution is 2.21. The minimum atomic E-state index is -0.430. The Balaban J connectivity index is 2.48. The summed E-state index contributed by atoms with van der Waals surface area (Å²) >= 11 is 1.56. The van der Waals surface area contributed by atoms with Crippen molar-refractivity contribution >= 4 is 11.3 Å². The second-order valence-electron chi connectivity index (χ2n) is 2.32. The zero-order valence-electron chi connectivity index (χ0n) is 6.20. The van der Waals surface area contributed by atoms with Crippen LogP contribution in [0.15, 0.2) is 35.7 Å². The number of halogens is 1. The lowest BCUT2D eigenvalue weighted by Crippen LogP contribution is -1.83. The minimum Gasteiger partial charge on any atom is -0.219 e. The van der Waals surface area contributed by atoms with Gasteiger partial charge in [-0.2, -0.15) is 4.39 Å². The molecule has 12 heavy (non-hydrogen) atoms. The van der Waals surface area contributed by atoms with Gasteiger partial charge in [0.25, 0.3) is 0 Å². The van der Waals surface area contributed by atoms with E-state index in [1.807, 2.05) is 17.5 Å². The Labute approximate surface area is 73.5 Å². The molecular formula is C9H6FNS. The largest absolute Gasteiger partial charge is 0.219 e. The molecule has 0 fully saturated rings. The van der Waals surface area contributed by atoms with Crippen LogP contribution in [0.25, 0.3) is 10.6 Å². The van der Waals surface area contributed by atoms with E-state index in [9.17, 15) is 4.39 Å². The van der Waals surface area contributed by atoms with Gasteiger partial charge in [0, 0.05) is 0 Å². The fourth-order valence-corrected chi connectivity index (χ4v) is 1.67. The van der Waals surface area contributed by atoms with Gasteiger partial charge in [-0.15, -0.1) is 11.3 Å². The van der Waals surface area contributed by atoms with Crippen molar-refractivity contribution in [2.75, 3.05) is 0 Å². The molecule has 2 heterocycles. The molecule has 0 aliphatic heterocycles. The smallest absolute Gasteiger partial charge is 0.213 e. The Kier molecular flexibility index (Phi) is 1.87. The number of pyridine rings is 1. The molecule has 0 aliphatic carbocycles. The maximum absolute atomic E-state index is 12.7. The van der Waals surface area contributed by atoms with Crippen molar-refractivity contribution in [2.45, 2.75) is 0 Å². The van der Waals surface area contributed by atoms with Crippen LogP contribution in [0.4, 0.5) is 4.39 Å². The number of thiophene rings is 1. The first-order valence-corrected chi connectivity index (χ1v) is 4.41. The third kappa shape index (κ3) is 1.36. The number of hydrogen-bond donors (Lipinski definition) is 0. The summed E-state index contributed by atoms with van der Waals surface area (Å²) < 4.78 is 12.7. The number of aromatic nitrogens is 1. The van der Waals surface area contributed by atoms with E-state index < -0.39 is 5.95 Å². The van der Waals surface area contributed by atoms with Crippen molar-refractivity contribution in [3.05, 3.63) is 41.7 Å². The Hall–Kier alpha value is -1.22. The zero-order chi connectivity index (χ0) is 8.39. The van der Waals surface area contributed by atoms with Crippen LogP contribution >= 0.6 is 11.3 Å². The van der Waals surface area contributed by atoms with E-state index in [1.54, 1.807) is 23.5 Å². The van der Waals surface area contributed by atoms with E-state index in [0.29, 0.717) is 5.69 Å². The predicted molar refractivity (Wildman–Crippen MR) is 47.5 cm³/mol. The van der Waals surface area contributed by atoms with Gasteiger partial charge >= 0.3 is 0 Å². The van der Waals surface area contributed by atoms with E-state index in [-0.39, 0.29) is 0 Å². The molecular weight excluding hydrogens is 173 g/mol. The molecule has 2 rings (SSSR count). The highest BCUT2D eigenvalue weighted by Gasteiger charge is 1.99. The van der Waals surface area contributed by atoms with Crippen LogP contribution in [0.3, 0.4) is 0 Å². The normalized spacial score (nSPS) is 10.1. The predicted octanol–water partition coefficient (Wildman–Crippen LogP) is 2.95. The van der Waals surface area contributed by atoms with Crippen LogP contribution in [0.2, 0.25) is 0 Å². The van der Waals surface area contributed by atoms with Crippen molar-refractivity contribution in [3.63, 3.8) is 0 Å². The Bertz CT molecular complexity index is 370. The molecule has 0 unspecified atom stereocenters. The SMILES string of the molecule is Fc1cccc(-c2cccs2)n1.